The predicted molar refractivity (Wildman–Crippen MR) is 65.9 cm³/mol. The van der Waals surface area contributed by atoms with Crippen LogP contribution in [0.25, 0.3) is 0 Å². The minimum Gasteiger partial charge on any atom is -0.480 e. The highest BCUT2D eigenvalue weighted by Gasteiger charge is 2.32. The lowest BCUT2D eigenvalue weighted by Crippen LogP contribution is -2.51. The molecule has 0 aliphatic carbocycles. The lowest BCUT2D eigenvalue weighted by atomic mass is 10.1. The van der Waals surface area contributed by atoms with E-state index >= 15 is 0 Å². The molecule has 0 radical (unpaired) electrons. The number of rotatable bonds is 3. The minimum atomic E-state index is -1.04. The van der Waals surface area contributed by atoms with Crippen LogP contribution in [-0.2, 0) is 16.0 Å². The van der Waals surface area contributed by atoms with E-state index in [1.165, 1.54) is 17.8 Å². The number of hydrogen-bond donors (Lipinski definition) is 2. The molecule has 6 heteroatoms. The van der Waals surface area contributed by atoms with Gasteiger partial charge in [0.1, 0.15) is 11.9 Å². The molecule has 0 unspecified atom stereocenters. The second-order valence-corrected chi connectivity index (χ2v) is 5.25. The van der Waals surface area contributed by atoms with E-state index in [9.17, 15) is 14.0 Å². The Morgan fingerprint density at radius 3 is 2.83 bits per heavy atom. The van der Waals surface area contributed by atoms with Crippen molar-refractivity contribution in [2.75, 3.05) is 5.75 Å². The first-order chi connectivity index (χ1) is 8.58. The molecule has 2 N–H and O–H groups in total. The minimum absolute atomic E-state index is 0.273. The fourth-order valence-electron chi connectivity index (χ4n) is 1.74. The van der Waals surface area contributed by atoms with Crippen LogP contribution in [0.3, 0.4) is 0 Å². The first-order valence-electron chi connectivity index (χ1n) is 5.46. The number of aliphatic carboxylic acids is 1. The number of amides is 1. The number of hydrogen-bond acceptors (Lipinski definition) is 3. The summed E-state index contributed by atoms with van der Waals surface area (Å²) in [7, 11) is 0. The molecule has 2 rings (SSSR count). The van der Waals surface area contributed by atoms with Gasteiger partial charge in [-0.3, -0.25) is 4.79 Å². The molecule has 1 aliphatic heterocycles. The van der Waals surface area contributed by atoms with Crippen molar-refractivity contribution in [3.8, 4) is 0 Å². The Morgan fingerprint density at radius 2 is 2.22 bits per heavy atom. The van der Waals surface area contributed by atoms with E-state index in [4.69, 9.17) is 5.11 Å². The fraction of sp³-hybridized carbons (Fsp3) is 0.333. The van der Waals surface area contributed by atoms with Gasteiger partial charge in [-0.2, -0.15) is 0 Å². The topological polar surface area (TPSA) is 66.4 Å². The second-order valence-electron chi connectivity index (χ2n) is 4.02. The van der Waals surface area contributed by atoms with Crippen molar-refractivity contribution in [3.05, 3.63) is 35.6 Å². The van der Waals surface area contributed by atoms with Crippen LogP contribution >= 0.6 is 11.8 Å². The highest BCUT2D eigenvalue weighted by Crippen LogP contribution is 2.23. The zero-order valence-electron chi connectivity index (χ0n) is 9.43. The molecule has 0 saturated carbocycles. The Balaban J connectivity index is 2.02. The zero-order chi connectivity index (χ0) is 13.1. The molecule has 1 aromatic rings. The van der Waals surface area contributed by atoms with Gasteiger partial charge in [-0.1, -0.05) is 18.2 Å². The van der Waals surface area contributed by atoms with Crippen molar-refractivity contribution >= 4 is 23.6 Å². The maximum absolute atomic E-state index is 13.4. The average molecular weight is 269 g/mol. The molecule has 1 aliphatic rings. The van der Waals surface area contributed by atoms with Crippen LogP contribution < -0.4 is 5.32 Å². The SMILES string of the molecule is O=C(O)[C@@H]1CS[C@H](Cc2ccccc2F)C(=O)N1. The van der Waals surface area contributed by atoms with Gasteiger partial charge in [-0.15, -0.1) is 11.8 Å². The van der Waals surface area contributed by atoms with Gasteiger partial charge in [0.15, 0.2) is 0 Å². The number of carboxylic acid groups (broad SMARTS) is 1. The normalized spacial score (nSPS) is 23.5. The Kier molecular flexibility index (Phi) is 3.86. The Hall–Kier alpha value is -1.56. The molecule has 0 spiro atoms. The maximum Gasteiger partial charge on any atom is 0.327 e. The largest absolute Gasteiger partial charge is 0.480 e. The molecule has 1 heterocycles. The molecule has 2 atom stereocenters. The monoisotopic (exact) mass is 269 g/mol. The summed E-state index contributed by atoms with van der Waals surface area (Å²) in [6, 6.07) is 5.43. The van der Waals surface area contributed by atoms with Crippen LogP contribution in [0.2, 0.25) is 0 Å². The number of benzene rings is 1. The Morgan fingerprint density at radius 1 is 1.50 bits per heavy atom. The number of carbonyl (C=O) groups is 2. The fourth-order valence-corrected chi connectivity index (χ4v) is 2.91. The summed E-state index contributed by atoms with van der Waals surface area (Å²) in [4.78, 5) is 22.4. The van der Waals surface area contributed by atoms with E-state index in [0.29, 0.717) is 11.3 Å². The summed E-state index contributed by atoms with van der Waals surface area (Å²) in [5.41, 5.74) is 0.471. The van der Waals surface area contributed by atoms with Gasteiger partial charge in [0.25, 0.3) is 0 Å². The molecule has 96 valence electrons. The number of carbonyl (C=O) groups excluding carboxylic acids is 1. The van der Waals surface area contributed by atoms with Gasteiger partial charge in [0.05, 0.1) is 5.25 Å². The second kappa shape index (κ2) is 5.39. The van der Waals surface area contributed by atoms with Gasteiger partial charge in [0.2, 0.25) is 5.91 Å². The van der Waals surface area contributed by atoms with Crippen molar-refractivity contribution in [1.82, 2.24) is 5.32 Å². The van der Waals surface area contributed by atoms with E-state index in [1.807, 2.05) is 0 Å². The third-order valence-corrected chi connectivity index (χ3v) is 4.04. The molecule has 4 nitrogen and oxygen atoms in total. The number of carboxylic acids is 1. The zero-order valence-corrected chi connectivity index (χ0v) is 10.2. The molecule has 0 bridgehead atoms. The Bertz CT molecular complexity index is 480. The van der Waals surface area contributed by atoms with Gasteiger partial charge < -0.3 is 10.4 Å². The van der Waals surface area contributed by atoms with Crippen molar-refractivity contribution in [1.29, 1.82) is 0 Å². The standard InChI is InChI=1S/C12H12FNO3S/c13-8-4-2-1-3-7(8)5-10-11(15)14-9(6-18-10)12(16)17/h1-4,9-10H,5-6H2,(H,14,15)(H,16,17)/t9-,10+/m0/s1. The van der Waals surface area contributed by atoms with Crippen LogP contribution in [-0.4, -0.2) is 34.0 Å². The van der Waals surface area contributed by atoms with Crippen LogP contribution in [0.5, 0.6) is 0 Å². The average Bonchev–Trinajstić information content (AvgIpc) is 2.34. The molecule has 18 heavy (non-hydrogen) atoms. The molecule has 1 aromatic carbocycles. The number of nitrogens with one attached hydrogen (secondary N) is 1. The van der Waals surface area contributed by atoms with E-state index in [-0.39, 0.29) is 18.1 Å². The summed E-state index contributed by atoms with van der Waals surface area (Å²) < 4.78 is 13.4. The highest BCUT2D eigenvalue weighted by molar-refractivity contribution is 8.00. The molecule has 1 fully saturated rings. The summed E-state index contributed by atoms with van der Waals surface area (Å²) in [5.74, 6) is -1.42. The first-order valence-corrected chi connectivity index (χ1v) is 6.51. The predicted octanol–water partition coefficient (Wildman–Crippen LogP) is 1.05. The summed E-state index contributed by atoms with van der Waals surface area (Å²) >= 11 is 1.25. The lowest BCUT2D eigenvalue weighted by Gasteiger charge is -2.26. The van der Waals surface area contributed by atoms with Crippen molar-refractivity contribution in [2.45, 2.75) is 17.7 Å². The van der Waals surface area contributed by atoms with E-state index in [1.54, 1.807) is 18.2 Å². The first kappa shape index (κ1) is 12.9. The summed E-state index contributed by atoms with van der Waals surface area (Å²) in [6.07, 6.45) is 0.273. The quantitative estimate of drug-likeness (QED) is 0.861. The molecular formula is C12H12FNO3S. The summed E-state index contributed by atoms with van der Waals surface area (Å²) in [6.45, 7) is 0. The van der Waals surface area contributed by atoms with Crippen molar-refractivity contribution < 1.29 is 19.1 Å². The number of halogens is 1. The van der Waals surface area contributed by atoms with Crippen LogP contribution in [0.15, 0.2) is 24.3 Å². The van der Waals surface area contributed by atoms with Gasteiger partial charge in [-0.05, 0) is 18.1 Å². The molecule has 0 aromatic heterocycles. The number of thioether (sulfide) groups is 1. The van der Waals surface area contributed by atoms with E-state index < -0.39 is 17.3 Å². The molecule has 1 amide bonds. The highest BCUT2D eigenvalue weighted by atomic mass is 32.2. The Labute approximate surface area is 108 Å². The summed E-state index contributed by atoms with van der Waals surface area (Å²) in [5, 5.41) is 10.8. The van der Waals surface area contributed by atoms with Gasteiger partial charge >= 0.3 is 5.97 Å². The third kappa shape index (κ3) is 2.81. The molecule has 1 saturated heterocycles. The van der Waals surface area contributed by atoms with Crippen LogP contribution in [0.1, 0.15) is 5.56 Å². The lowest BCUT2D eigenvalue weighted by molar-refractivity contribution is -0.141. The van der Waals surface area contributed by atoms with Gasteiger partial charge in [0, 0.05) is 5.75 Å². The van der Waals surface area contributed by atoms with E-state index in [2.05, 4.69) is 5.32 Å². The third-order valence-electron chi connectivity index (χ3n) is 2.73. The van der Waals surface area contributed by atoms with Crippen LogP contribution in [0.4, 0.5) is 4.39 Å². The van der Waals surface area contributed by atoms with Crippen LogP contribution in [0, 0.1) is 5.82 Å². The maximum atomic E-state index is 13.4. The van der Waals surface area contributed by atoms with E-state index in [0.717, 1.165) is 0 Å². The smallest absolute Gasteiger partial charge is 0.327 e. The van der Waals surface area contributed by atoms with Gasteiger partial charge in [-0.25, -0.2) is 9.18 Å². The van der Waals surface area contributed by atoms with Crippen molar-refractivity contribution in [3.63, 3.8) is 0 Å². The van der Waals surface area contributed by atoms with Crippen molar-refractivity contribution in [2.24, 2.45) is 0 Å². The molecular weight excluding hydrogens is 257 g/mol.